The number of nitrogens with one attached hydrogen (secondary N) is 1. The van der Waals surface area contributed by atoms with Gasteiger partial charge in [-0.1, -0.05) is 12.1 Å². The van der Waals surface area contributed by atoms with Crippen LogP contribution >= 0.6 is 0 Å². The molecule has 1 aromatic heterocycles. The Kier molecular flexibility index (Phi) is 9.05. The number of nitrogen functional groups attached to an aromatic ring is 1. The predicted molar refractivity (Wildman–Crippen MR) is 79.6 cm³/mol. The lowest BCUT2D eigenvalue weighted by Gasteiger charge is -2.14. The van der Waals surface area contributed by atoms with Crippen LogP contribution in [0.15, 0.2) is 36.4 Å². The van der Waals surface area contributed by atoms with Gasteiger partial charge in [0.15, 0.2) is 0 Å². The number of carbonyl (C=O) groups is 1. The number of benzene rings is 1. The first kappa shape index (κ1) is 21.9. The number of pyridine rings is 1. The molecule has 0 radical (unpaired) electrons. The number of rotatable bonds is 4. The van der Waals surface area contributed by atoms with Gasteiger partial charge in [-0.2, -0.15) is 14.7 Å². The highest BCUT2D eigenvalue weighted by Crippen LogP contribution is 2.17. The molecule has 2 rings (SSSR count). The van der Waals surface area contributed by atoms with Crippen LogP contribution in [-0.4, -0.2) is 12.7 Å². The number of hydrogen-bond donors (Lipinski definition) is 2. The molecule has 0 aliphatic rings. The summed E-state index contributed by atoms with van der Waals surface area (Å²) in [6.07, 6.45) is -0.507. The van der Waals surface area contributed by atoms with Gasteiger partial charge in [-0.15, -0.1) is 0 Å². The third-order valence-electron chi connectivity index (χ3n) is 3.08. The molecule has 0 aliphatic heterocycles. The molecular weight excluding hydrogens is 358 g/mol. The van der Waals surface area contributed by atoms with Crippen molar-refractivity contribution in [1.29, 1.82) is 0 Å². The van der Waals surface area contributed by atoms with E-state index in [1.54, 1.807) is 31.2 Å². The number of ether oxygens (including phenoxy) is 1. The molecule has 6 N–H and O–H groups in total. The number of nitrogens with zero attached hydrogens (tertiary/aromatic N) is 1. The number of aromatic amines is 1. The summed E-state index contributed by atoms with van der Waals surface area (Å²) in [5.41, 5.74) is 10.8. The van der Waals surface area contributed by atoms with Crippen LogP contribution < -0.4 is 46.2 Å². The van der Waals surface area contributed by atoms with Gasteiger partial charge in [-0.3, -0.25) is 5.73 Å². The zero-order valence-electron chi connectivity index (χ0n) is 13.1. The van der Waals surface area contributed by atoms with Crippen molar-refractivity contribution in [3.05, 3.63) is 47.8 Å². The van der Waals surface area contributed by atoms with Crippen LogP contribution in [0, 0.1) is 5.82 Å². The molecule has 1 amide bonds. The summed E-state index contributed by atoms with van der Waals surface area (Å²) in [5.74, 6) is 0.679. The predicted octanol–water partition coefficient (Wildman–Crippen LogP) is -4.73. The van der Waals surface area contributed by atoms with Gasteiger partial charge in [0.25, 0.3) is 5.82 Å². The minimum atomic E-state index is -0.507. The standard InChI is InChI=1S/C15H17FN4O2.2ClH/c1-2-22-15(21)20(9-10-3-5-11(16)6-4-10)13-8-7-12(17)14(18)19-13;;/h3-8H,2,9,17H2,1H3,(H2,18,19);2*1H. The molecule has 9 heteroatoms. The normalized spacial score (nSPS) is 9.46. The lowest BCUT2D eigenvalue weighted by atomic mass is 10.2. The van der Waals surface area contributed by atoms with Gasteiger partial charge in [0.05, 0.1) is 6.61 Å². The minimum absolute atomic E-state index is 0. The number of quaternary nitrogens is 1. The third kappa shape index (κ3) is 5.52. The molecule has 0 aliphatic carbocycles. The van der Waals surface area contributed by atoms with Crippen LogP contribution in [0.2, 0.25) is 0 Å². The second kappa shape index (κ2) is 9.92. The number of amides is 1. The quantitative estimate of drug-likeness (QED) is 0.560. The van der Waals surface area contributed by atoms with Gasteiger partial charge < -0.3 is 35.3 Å². The van der Waals surface area contributed by atoms with E-state index in [9.17, 15) is 9.18 Å². The van der Waals surface area contributed by atoms with E-state index >= 15 is 0 Å². The van der Waals surface area contributed by atoms with E-state index in [1.807, 2.05) is 0 Å². The molecule has 6 nitrogen and oxygen atoms in total. The summed E-state index contributed by atoms with van der Waals surface area (Å²) in [4.78, 5) is 16.5. The van der Waals surface area contributed by atoms with Crippen LogP contribution in [-0.2, 0) is 11.3 Å². The van der Waals surface area contributed by atoms with Gasteiger partial charge in [-0.05, 0) is 30.7 Å². The third-order valence-corrected chi connectivity index (χ3v) is 3.08. The fourth-order valence-corrected chi connectivity index (χ4v) is 1.92. The summed E-state index contributed by atoms with van der Waals surface area (Å²) in [7, 11) is 0. The fraction of sp³-hybridized carbons (Fsp3) is 0.200. The average Bonchev–Trinajstić information content (AvgIpc) is 2.50. The van der Waals surface area contributed by atoms with Gasteiger partial charge in [0.1, 0.15) is 18.0 Å². The highest BCUT2D eigenvalue weighted by Gasteiger charge is 2.27. The Bertz CT molecular complexity index is 671. The Balaban J connectivity index is 0.00000264. The molecule has 0 unspecified atom stereocenters. The fourth-order valence-electron chi connectivity index (χ4n) is 1.92. The Morgan fingerprint density at radius 1 is 1.25 bits per heavy atom. The molecule has 2 aromatic rings. The Labute approximate surface area is 151 Å². The van der Waals surface area contributed by atoms with Gasteiger partial charge >= 0.3 is 11.9 Å². The summed E-state index contributed by atoms with van der Waals surface area (Å²) in [6.45, 7) is 2.22. The molecule has 24 heavy (non-hydrogen) atoms. The Hall–Kier alpha value is -2.09. The van der Waals surface area contributed by atoms with E-state index in [4.69, 9.17) is 10.5 Å². The van der Waals surface area contributed by atoms with E-state index in [-0.39, 0.29) is 43.8 Å². The zero-order chi connectivity index (χ0) is 16.1. The van der Waals surface area contributed by atoms with Crippen molar-refractivity contribution in [2.45, 2.75) is 13.5 Å². The molecule has 0 atom stereocenters. The van der Waals surface area contributed by atoms with Crippen LogP contribution in [0.5, 0.6) is 0 Å². The summed E-state index contributed by atoms with van der Waals surface area (Å²) < 4.78 is 18.1. The van der Waals surface area contributed by atoms with Crippen LogP contribution in [0.4, 0.5) is 26.5 Å². The van der Waals surface area contributed by atoms with Crippen LogP contribution in [0.1, 0.15) is 12.5 Å². The molecule has 0 fully saturated rings. The molecule has 0 spiro atoms. The van der Waals surface area contributed by atoms with E-state index in [0.29, 0.717) is 17.3 Å². The van der Waals surface area contributed by atoms with E-state index in [2.05, 4.69) is 10.7 Å². The number of halogens is 3. The van der Waals surface area contributed by atoms with E-state index in [1.165, 1.54) is 17.0 Å². The van der Waals surface area contributed by atoms with Crippen molar-refractivity contribution in [1.82, 2.24) is 0 Å². The van der Waals surface area contributed by atoms with Crippen LogP contribution in [0.3, 0.4) is 0 Å². The first-order valence-corrected chi connectivity index (χ1v) is 6.83. The maximum absolute atomic E-state index is 13.0. The van der Waals surface area contributed by atoms with Gasteiger partial charge in [0, 0.05) is 6.07 Å². The van der Waals surface area contributed by atoms with Gasteiger partial charge in [0.2, 0.25) is 0 Å². The Morgan fingerprint density at radius 2 is 1.88 bits per heavy atom. The lowest BCUT2D eigenvalue weighted by Crippen LogP contribution is -3.00. The number of anilines is 2. The molecule has 0 bridgehead atoms. The highest BCUT2D eigenvalue weighted by atomic mass is 35.5. The summed E-state index contributed by atoms with van der Waals surface area (Å²) in [5, 5.41) is 0. The maximum Gasteiger partial charge on any atom is 0.507 e. The second-order valence-corrected chi connectivity index (χ2v) is 4.69. The first-order chi connectivity index (χ1) is 10.5. The monoisotopic (exact) mass is 376 g/mol. The number of hydrogen-bond acceptors (Lipinski definition) is 3. The summed E-state index contributed by atoms with van der Waals surface area (Å²) in [6, 6.07) is 9.25. The number of H-pyrrole nitrogens is 1. The molecule has 1 heterocycles. The second-order valence-electron chi connectivity index (χ2n) is 4.69. The van der Waals surface area contributed by atoms with Crippen molar-refractivity contribution < 1.29 is 49.5 Å². The minimum Gasteiger partial charge on any atom is -1.00 e. The lowest BCUT2D eigenvalue weighted by molar-refractivity contribution is -0.467. The Morgan fingerprint density at radius 3 is 2.42 bits per heavy atom. The number of carbonyl (C=O) groups excluding carboxylic acids is 1. The van der Waals surface area contributed by atoms with Crippen molar-refractivity contribution in [2.24, 2.45) is 0 Å². The average molecular weight is 377 g/mol. The number of nitrogens with two attached hydrogens (primary N) is 1. The molecular formula is C15H19Cl2FN4O2. The van der Waals surface area contributed by atoms with Gasteiger partial charge in [-0.25, -0.2) is 4.39 Å². The van der Waals surface area contributed by atoms with Crippen LogP contribution in [0.25, 0.3) is 0 Å². The summed E-state index contributed by atoms with van der Waals surface area (Å²) >= 11 is 0. The largest absolute Gasteiger partial charge is 1.00 e. The SMILES string of the molecule is CCOC(=O)N(Cc1ccc(F)cc1)c1ccc(N)c([NH3+])[nH+]1.[Cl-].[Cl-]. The first-order valence-electron chi connectivity index (χ1n) is 6.83. The molecule has 0 saturated heterocycles. The molecule has 1 aromatic carbocycles. The van der Waals surface area contributed by atoms with E-state index < -0.39 is 6.09 Å². The zero-order valence-corrected chi connectivity index (χ0v) is 14.6. The van der Waals surface area contributed by atoms with Crippen molar-refractivity contribution >= 4 is 23.4 Å². The van der Waals surface area contributed by atoms with Crippen molar-refractivity contribution in [3.63, 3.8) is 0 Å². The smallest absolute Gasteiger partial charge is 0.507 e. The maximum atomic E-state index is 13.0. The van der Waals surface area contributed by atoms with E-state index in [0.717, 1.165) is 5.56 Å². The van der Waals surface area contributed by atoms with Crippen molar-refractivity contribution in [2.75, 3.05) is 17.2 Å². The highest BCUT2D eigenvalue weighted by molar-refractivity contribution is 5.85. The topological polar surface area (TPSA) is 97.3 Å². The molecule has 132 valence electrons. The number of aromatic nitrogens is 1. The van der Waals surface area contributed by atoms with Crippen molar-refractivity contribution in [3.8, 4) is 0 Å². The molecule has 0 saturated carbocycles.